The van der Waals surface area contributed by atoms with Gasteiger partial charge >= 0.3 is 11.8 Å². The van der Waals surface area contributed by atoms with Crippen molar-refractivity contribution >= 4 is 23.2 Å². The summed E-state index contributed by atoms with van der Waals surface area (Å²) in [6.45, 7) is 0. The lowest BCUT2D eigenvalue weighted by Crippen LogP contribution is -2.69. The van der Waals surface area contributed by atoms with Gasteiger partial charge in [0.25, 0.3) is 0 Å². The summed E-state index contributed by atoms with van der Waals surface area (Å²) in [5.41, 5.74) is 0. The van der Waals surface area contributed by atoms with Gasteiger partial charge in [-0.2, -0.15) is 17.6 Å². The van der Waals surface area contributed by atoms with E-state index in [9.17, 15) is 17.6 Å². The molecule has 0 heterocycles. The van der Waals surface area contributed by atoms with E-state index in [-0.39, 0.29) is 0 Å². The van der Waals surface area contributed by atoms with Gasteiger partial charge in [0.1, 0.15) is 10.8 Å². The van der Waals surface area contributed by atoms with Crippen molar-refractivity contribution in [2.75, 3.05) is 0 Å². The van der Waals surface area contributed by atoms with E-state index in [0.29, 0.717) is 0 Å². The highest BCUT2D eigenvalue weighted by Gasteiger charge is 2.78. The fraction of sp³-hybridized carbons (Fsp3) is 1.00. The summed E-state index contributed by atoms with van der Waals surface area (Å²) >= 11 is 9.63. The van der Waals surface area contributed by atoms with Crippen molar-refractivity contribution in [3.05, 3.63) is 0 Å². The van der Waals surface area contributed by atoms with Gasteiger partial charge in [-0.15, -0.1) is 23.2 Å². The van der Waals surface area contributed by atoms with E-state index in [1.54, 1.807) is 0 Å². The Morgan fingerprint density at radius 1 is 0.800 bits per heavy atom. The minimum atomic E-state index is -4.15. The molecule has 1 aliphatic rings. The van der Waals surface area contributed by atoms with Crippen molar-refractivity contribution < 1.29 is 17.6 Å². The van der Waals surface area contributed by atoms with Crippen molar-refractivity contribution in [2.24, 2.45) is 0 Å². The second kappa shape index (κ2) is 1.91. The minimum Gasteiger partial charge on any atom is -0.198 e. The van der Waals surface area contributed by atoms with Crippen molar-refractivity contribution in [1.29, 1.82) is 0 Å². The van der Waals surface area contributed by atoms with Gasteiger partial charge in [-0.25, -0.2) is 0 Å². The molecule has 0 aliphatic heterocycles. The summed E-state index contributed by atoms with van der Waals surface area (Å²) in [5, 5.41) is -3.91. The molecular formula is C4H2Cl2F4. The Kier molecular flexibility index (Phi) is 1.61. The third kappa shape index (κ3) is 0.691. The molecule has 0 N–H and O–H groups in total. The lowest BCUT2D eigenvalue weighted by molar-refractivity contribution is -0.266. The van der Waals surface area contributed by atoms with Gasteiger partial charge < -0.3 is 0 Å². The van der Waals surface area contributed by atoms with Crippen LogP contribution in [0.3, 0.4) is 0 Å². The smallest absolute Gasteiger partial charge is 0.198 e. The average Bonchev–Trinajstić information content (AvgIpc) is 1.84. The highest BCUT2D eigenvalue weighted by atomic mass is 35.5. The Morgan fingerprint density at radius 3 is 1.10 bits per heavy atom. The lowest BCUT2D eigenvalue weighted by atomic mass is 9.88. The molecule has 0 aromatic carbocycles. The molecule has 0 radical (unpaired) electrons. The highest BCUT2D eigenvalue weighted by molar-refractivity contribution is 6.32. The fourth-order valence-corrected chi connectivity index (χ4v) is 1.25. The third-order valence-electron chi connectivity index (χ3n) is 1.39. The molecule has 1 aliphatic carbocycles. The van der Waals surface area contributed by atoms with Crippen LogP contribution in [0.15, 0.2) is 0 Å². The van der Waals surface area contributed by atoms with Crippen LogP contribution < -0.4 is 0 Å². The first-order valence-corrected chi connectivity index (χ1v) is 3.23. The molecular weight excluding hydrogens is 195 g/mol. The van der Waals surface area contributed by atoms with E-state index < -0.39 is 22.6 Å². The second-order valence-electron chi connectivity index (χ2n) is 2.05. The van der Waals surface area contributed by atoms with Crippen LogP contribution in [-0.2, 0) is 0 Å². The Bertz CT molecular complexity index is 139. The average molecular weight is 197 g/mol. The summed E-state index contributed by atoms with van der Waals surface area (Å²) < 4.78 is 48.0. The maximum absolute atomic E-state index is 12.0. The number of rotatable bonds is 0. The van der Waals surface area contributed by atoms with Crippen molar-refractivity contribution in [1.82, 2.24) is 0 Å². The number of hydrogen-bond acceptors (Lipinski definition) is 0. The van der Waals surface area contributed by atoms with Gasteiger partial charge in [0, 0.05) is 0 Å². The maximum Gasteiger partial charge on any atom is 0.329 e. The molecule has 0 spiro atoms. The first-order chi connectivity index (χ1) is 4.32. The van der Waals surface area contributed by atoms with Crippen LogP contribution in [0.2, 0.25) is 0 Å². The van der Waals surface area contributed by atoms with Gasteiger partial charge in [-0.1, -0.05) is 0 Å². The van der Waals surface area contributed by atoms with E-state index in [0.717, 1.165) is 0 Å². The van der Waals surface area contributed by atoms with Crippen molar-refractivity contribution in [3.63, 3.8) is 0 Å². The zero-order valence-corrected chi connectivity index (χ0v) is 5.93. The standard InChI is InChI=1S/C4H2Cl2F4/c5-1-2(6)4(9,10)3(1,7)8/h1-2H/t1-,2+. The van der Waals surface area contributed by atoms with E-state index in [1.165, 1.54) is 0 Å². The van der Waals surface area contributed by atoms with Crippen LogP contribution in [-0.4, -0.2) is 22.6 Å². The van der Waals surface area contributed by atoms with Crippen molar-refractivity contribution in [2.45, 2.75) is 22.6 Å². The predicted molar refractivity (Wildman–Crippen MR) is 29.2 cm³/mol. The number of hydrogen-bond donors (Lipinski definition) is 0. The Balaban J connectivity index is 2.82. The third-order valence-corrected chi connectivity index (χ3v) is 2.58. The molecule has 1 rings (SSSR count). The molecule has 0 saturated heterocycles. The van der Waals surface area contributed by atoms with Crippen LogP contribution in [0.4, 0.5) is 17.6 Å². The number of alkyl halides is 6. The molecule has 10 heavy (non-hydrogen) atoms. The van der Waals surface area contributed by atoms with E-state index in [1.807, 2.05) is 0 Å². The molecule has 0 aromatic heterocycles. The highest BCUT2D eigenvalue weighted by Crippen LogP contribution is 2.56. The van der Waals surface area contributed by atoms with Gasteiger partial charge in [-0.3, -0.25) is 0 Å². The summed E-state index contributed by atoms with van der Waals surface area (Å²) in [4.78, 5) is 0. The zero-order chi connectivity index (χ0) is 8.15. The molecule has 0 amide bonds. The predicted octanol–water partition coefficient (Wildman–Crippen LogP) is 2.49. The Morgan fingerprint density at radius 2 is 1.00 bits per heavy atom. The fourth-order valence-electron chi connectivity index (χ4n) is 0.639. The number of halogens is 6. The maximum atomic E-state index is 12.0. The van der Waals surface area contributed by atoms with Gasteiger partial charge in [0.15, 0.2) is 0 Å². The largest absolute Gasteiger partial charge is 0.329 e. The van der Waals surface area contributed by atoms with Gasteiger partial charge in [-0.05, 0) is 0 Å². The zero-order valence-electron chi connectivity index (χ0n) is 4.42. The van der Waals surface area contributed by atoms with Crippen LogP contribution in [0.25, 0.3) is 0 Å². The van der Waals surface area contributed by atoms with E-state index >= 15 is 0 Å². The molecule has 1 fully saturated rings. The van der Waals surface area contributed by atoms with Crippen LogP contribution >= 0.6 is 23.2 Å². The summed E-state index contributed by atoms with van der Waals surface area (Å²) in [6.07, 6.45) is 0. The van der Waals surface area contributed by atoms with E-state index in [4.69, 9.17) is 23.2 Å². The van der Waals surface area contributed by atoms with Gasteiger partial charge in [0.05, 0.1) is 0 Å². The summed E-state index contributed by atoms with van der Waals surface area (Å²) in [6, 6.07) is 0. The molecule has 2 atom stereocenters. The monoisotopic (exact) mass is 196 g/mol. The second-order valence-corrected chi connectivity index (χ2v) is 2.99. The van der Waals surface area contributed by atoms with Crippen molar-refractivity contribution in [3.8, 4) is 0 Å². The molecule has 0 unspecified atom stereocenters. The van der Waals surface area contributed by atoms with Crippen LogP contribution in [0.5, 0.6) is 0 Å². The van der Waals surface area contributed by atoms with Crippen LogP contribution in [0.1, 0.15) is 0 Å². The van der Waals surface area contributed by atoms with E-state index in [2.05, 4.69) is 0 Å². The SMILES string of the molecule is FC1(F)[C@H](Cl)[C@H](Cl)C1(F)F. The van der Waals surface area contributed by atoms with Gasteiger partial charge in [0.2, 0.25) is 0 Å². The summed E-state index contributed by atoms with van der Waals surface area (Å²) in [5.74, 6) is -8.30. The quantitative estimate of drug-likeness (QED) is 0.413. The molecule has 60 valence electrons. The molecule has 0 bridgehead atoms. The first kappa shape index (κ1) is 8.40. The molecule has 6 heteroatoms. The molecule has 0 aromatic rings. The topological polar surface area (TPSA) is 0 Å². The molecule has 1 saturated carbocycles. The van der Waals surface area contributed by atoms with Crippen LogP contribution in [0, 0.1) is 0 Å². The lowest BCUT2D eigenvalue weighted by Gasteiger charge is -2.44. The first-order valence-electron chi connectivity index (χ1n) is 2.35. The summed E-state index contributed by atoms with van der Waals surface area (Å²) in [7, 11) is 0. The Labute approximate surface area is 64.1 Å². The minimum absolute atomic E-state index is 1.95. The molecule has 0 nitrogen and oxygen atoms in total. The normalized spacial score (nSPS) is 42.6. The Hall–Kier alpha value is 0.300.